The summed E-state index contributed by atoms with van der Waals surface area (Å²) >= 11 is 0. The maximum absolute atomic E-state index is 13.3. The third-order valence-corrected chi connectivity index (χ3v) is 18.6. The number of nitrogens with zero attached hydrogens (tertiary/aromatic N) is 8. The minimum Gasteiger partial charge on any atom is -0.307 e. The molecule has 0 amide bonds. The number of fused-ring (bicyclic) bond motifs is 20. The van der Waals surface area contributed by atoms with E-state index in [4.69, 9.17) is 0 Å². The zero-order valence-electron chi connectivity index (χ0n) is 47.1. The van der Waals surface area contributed by atoms with Crippen LogP contribution in [0.5, 0.6) is 0 Å². The van der Waals surface area contributed by atoms with Crippen LogP contribution in [0.1, 0.15) is 11.1 Å². The average Bonchev–Trinajstić information content (AvgIpc) is 1.51. The van der Waals surface area contributed by atoms with Gasteiger partial charge in [-0.1, -0.05) is 206 Å². The Morgan fingerprint density at radius 2 is 0.375 bits per heavy atom. The molecular formula is C80H46N8. The van der Waals surface area contributed by atoms with E-state index in [1.807, 2.05) is 0 Å². The second-order valence-electron chi connectivity index (χ2n) is 22.9. The summed E-state index contributed by atoms with van der Waals surface area (Å²) in [7, 11) is 0. The summed E-state index contributed by atoms with van der Waals surface area (Å²) in [5.74, 6) is 0. The lowest BCUT2D eigenvalue weighted by Gasteiger charge is -2.27. The molecule has 0 unspecified atom stereocenters. The fraction of sp³-hybridized carbons (Fsp3) is 0. The molecule has 0 N–H and O–H groups in total. The van der Waals surface area contributed by atoms with Crippen LogP contribution in [0.25, 0.3) is 165 Å². The molecule has 8 heteroatoms. The molecule has 6 aromatic heterocycles. The molecule has 0 atom stereocenters. The number of benzene rings is 13. The van der Waals surface area contributed by atoms with Gasteiger partial charge in [0.1, 0.15) is 23.3 Å². The van der Waals surface area contributed by atoms with Gasteiger partial charge in [0.25, 0.3) is 0 Å². The van der Waals surface area contributed by atoms with Crippen molar-refractivity contribution in [1.29, 1.82) is 10.5 Å². The molecule has 0 radical (unpaired) electrons. The molecule has 8 nitrogen and oxygen atoms in total. The van der Waals surface area contributed by atoms with Crippen LogP contribution in [-0.4, -0.2) is 27.4 Å². The van der Waals surface area contributed by atoms with E-state index in [0.29, 0.717) is 33.9 Å². The fourth-order valence-electron chi connectivity index (χ4n) is 15.3. The van der Waals surface area contributed by atoms with Gasteiger partial charge in [-0.05, 0) is 72.8 Å². The molecule has 6 heterocycles. The maximum Gasteiger partial charge on any atom is 0.104 e. The van der Waals surface area contributed by atoms with Gasteiger partial charge in [-0.2, -0.15) is 10.5 Å². The van der Waals surface area contributed by atoms with Gasteiger partial charge < -0.3 is 27.4 Å². The van der Waals surface area contributed by atoms with Gasteiger partial charge in [0.2, 0.25) is 0 Å². The molecule has 0 spiro atoms. The fourth-order valence-corrected chi connectivity index (χ4v) is 15.3. The zero-order valence-corrected chi connectivity index (χ0v) is 47.1. The Morgan fingerprint density at radius 3 is 0.636 bits per heavy atom. The highest BCUT2D eigenvalue weighted by molar-refractivity contribution is 6.26. The van der Waals surface area contributed by atoms with Gasteiger partial charge >= 0.3 is 0 Å². The Bertz CT molecular complexity index is 5830. The Morgan fingerprint density at radius 1 is 0.182 bits per heavy atom. The quantitative estimate of drug-likeness (QED) is 0.166. The summed E-state index contributed by atoms with van der Waals surface area (Å²) in [6, 6.07) is 105. The number of hydrogen-bond acceptors (Lipinski definition) is 2. The van der Waals surface area contributed by atoms with Crippen LogP contribution in [0.2, 0.25) is 0 Å². The third kappa shape index (κ3) is 6.24. The number of aromatic nitrogens is 6. The maximum atomic E-state index is 13.3. The summed E-state index contributed by atoms with van der Waals surface area (Å²) in [6.07, 6.45) is 0. The Labute approximate surface area is 502 Å². The Balaban J connectivity index is 1.14. The van der Waals surface area contributed by atoms with Crippen LogP contribution in [0.3, 0.4) is 0 Å². The predicted octanol–water partition coefficient (Wildman–Crippen LogP) is 20.0. The molecule has 0 aliphatic rings. The first-order valence-electron chi connectivity index (χ1n) is 29.7. The van der Waals surface area contributed by atoms with Gasteiger partial charge in [-0.15, -0.1) is 0 Å². The van der Waals surface area contributed by atoms with E-state index in [0.717, 1.165) is 142 Å². The van der Waals surface area contributed by atoms with E-state index in [9.17, 15) is 10.5 Å². The van der Waals surface area contributed by atoms with Crippen molar-refractivity contribution in [3.63, 3.8) is 0 Å². The molecule has 88 heavy (non-hydrogen) atoms. The highest BCUT2D eigenvalue weighted by Gasteiger charge is 2.36. The molecule has 19 rings (SSSR count). The lowest BCUT2D eigenvalue weighted by molar-refractivity contribution is 1.02. The lowest BCUT2D eigenvalue weighted by atomic mass is 9.98. The Hall–Kier alpha value is -12.4. The SMILES string of the molecule is N#Cc1c(-n2c3ccccc3c3ccccc32)c(-n2c3ccccc3c3ccc4c5ccccc5n(-c5ccccc5)c4c32)c(C#N)c(-n2c3ccccc3c3ccccc32)c1-n1c2ccccc2c2ccc3c4ccccc4n(-c4ccccc4)c3c21. The number of rotatable bonds is 6. The molecule has 19 aromatic rings. The lowest BCUT2D eigenvalue weighted by Crippen LogP contribution is -2.17. The van der Waals surface area contributed by atoms with Crippen LogP contribution >= 0.6 is 0 Å². The molecular weight excluding hydrogens is 1070 g/mol. The van der Waals surface area contributed by atoms with Crippen LogP contribution in [0.4, 0.5) is 0 Å². The van der Waals surface area contributed by atoms with Gasteiger partial charge in [0, 0.05) is 76.0 Å². The van der Waals surface area contributed by atoms with Gasteiger partial charge in [-0.25, -0.2) is 0 Å². The minimum atomic E-state index is 0.390. The molecule has 0 aliphatic heterocycles. The highest BCUT2D eigenvalue weighted by Crippen LogP contribution is 2.51. The van der Waals surface area contributed by atoms with E-state index in [2.05, 4.69) is 319 Å². The number of para-hydroxylation sites is 10. The van der Waals surface area contributed by atoms with Crippen molar-refractivity contribution >= 4 is 131 Å². The van der Waals surface area contributed by atoms with Crippen LogP contribution in [0, 0.1) is 22.7 Å². The first kappa shape index (κ1) is 48.1. The predicted molar refractivity (Wildman–Crippen MR) is 362 cm³/mol. The summed E-state index contributed by atoms with van der Waals surface area (Å²) in [6.45, 7) is 0. The third-order valence-electron chi connectivity index (χ3n) is 18.6. The first-order valence-corrected chi connectivity index (χ1v) is 29.7. The topological polar surface area (TPSA) is 77.2 Å². The zero-order chi connectivity index (χ0) is 57.9. The number of nitriles is 2. The van der Waals surface area contributed by atoms with Crippen molar-refractivity contribution in [1.82, 2.24) is 27.4 Å². The summed E-state index contributed by atoms with van der Waals surface area (Å²) in [5.41, 5.74) is 16.4. The van der Waals surface area contributed by atoms with Gasteiger partial charge in [0.05, 0.1) is 88.9 Å². The second kappa shape index (κ2) is 18.1. The van der Waals surface area contributed by atoms with E-state index in [1.165, 1.54) is 0 Å². The highest BCUT2D eigenvalue weighted by atomic mass is 15.1. The summed E-state index contributed by atoms with van der Waals surface area (Å²) in [4.78, 5) is 0. The summed E-state index contributed by atoms with van der Waals surface area (Å²) < 4.78 is 14.0. The molecule has 13 aromatic carbocycles. The van der Waals surface area contributed by atoms with Crippen LogP contribution in [0.15, 0.2) is 279 Å². The van der Waals surface area contributed by atoms with E-state index in [-0.39, 0.29) is 0 Å². The standard InChI is InChI=1S/C80H46N8/c81-47-63-78(86-69-39-19-9-29-53(69)54-30-10-20-40-70(54)86)80(88-72-42-22-14-34-58(72)62-46-44-60-56-32-12-16-36-66(56)84(74(60)76(62)88)50-25-5-2-6-26-50)64(48-82)77(85-67-37-17-7-27-51(67)52-28-8-18-38-68(52)85)79(63)87-71-41-21-13-33-57(71)61-45-43-59-55-31-11-15-35-65(55)83(73(59)75(61)87)49-23-3-1-4-24-49/h1-46H. The smallest absolute Gasteiger partial charge is 0.104 e. The normalized spacial score (nSPS) is 12.1. The molecule has 0 saturated carbocycles. The molecule has 0 saturated heterocycles. The van der Waals surface area contributed by atoms with Crippen molar-refractivity contribution < 1.29 is 0 Å². The van der Waals surface area contributed by atoms with E-state index in [1.54, 1.807) is 0 Å². The van der Waals surface area contributed by atoms with E-state index < -0.39 is 0 Å². The monoisotopic (exact) mass is 1120 g/mol. The largest absolute Gasteiger partial charge is 0.307 e. The van der Waals surface area contributed by atoms with Crippen molar-refractivity contribution in [3.05, 3.63) is 290 Å². The first-order chi connectivity index (χ1) is 43.7. The van der Waals surface area contributed by atoms with Crippen LogP contribution < -0.4 is 0 Å². The molecule has 406 valence electrons. The van der Waals surface area contributed by atoms with E-state index >= 15 is 0 Å². The van der Waals surface area contributed by atoms with Crippen molar-refractivity contribution in [3.8, 4) is 46.3 Å². The van der Waals surface area contributed by atoms with Crippen molar-refractivity contribution in [2.75, 3.05) is 0 Å². The average molecular weight is 1120 g/mol. The molecule has 0 bridgehead atoms. The number of hydrogen-bond donors (Lipinski definition) is 0. The molecule has 0 fully saturated rings. The summed E-state index contributed by atoms with van der Waals surface area (Å²) in [5, 5.41) is 39.1. The minimum absolute atomic E-state index is 0.390. The van der Waals surface area contributed by atoms with Crippen molar-refractivity contribution in [2.45, 2.75) is 0 Å². The van der Waals surface area contributed by atoms with Gasteiger partial charge in [0.15, 0.2) is 0 Å². The second-order valence-corrected chi connectivity index (χ2v) is 22.9. The molecule has 0 aliphatic carbocycles. The Kier molecular flexibility index (Phi) is 9.87. The van der Waals surface area contributed by atoms with Crippen molar-refractivity contribution in [2.24, 2.45) is 0 Å². The van der Waals surface area contributed by atoms with Gasteiger partial charge in [-0.3, -0.25) is 0 Å². The van der Waals surface area contributed by atoms with Crippen LogP contribution in [-0.2, 0) is 0 Å².